The van der Waals surface area contributed by atoms with Gasteiger partial charge in [-0.2, -0.15) is 0 Å². The Bertz CT molecular complexity index is 404. The van der Waals surface area contributed by atoms with Crippen molar-refractivity contribution in [1.29, 1.82) is 0 Å². The minimum Gasteiger partial charge on any atom is -0.203 e. The van der Waals surface area contributed by atoms with Gasteiger partial charge in [-0.3, -0.25) is 0 Å². The smallest absolute Gasteiger partial charge is 0.169 e. The molecule has 1 aromatic carbocycles. The third kappa shape index (κ3) is 1.96. The zero-order valence-electron chi connectivity index (χ0n) is 9.24. The maximum Gasteiger partial charge on any atom is 0.169 e. The summed E-state index contributed by atoms with van der Waals surface area (Å²) in [5.41, 5.74) is -1.23. The predicted octanol–water partition coefficient (Wildman–Crippen LogP) is 4.40. The van der Waals surface area contributed by atoms with Crippen molar-refractivity contribution < 1.29 is 17.6 Å². The van der Waals surface area contributed by atoms with Crippen LogP contribution in [0.2, 0.25) is 0 Å². The lowest BCUT2D eigenvalue weighted by Crippen LogP contribution is -2.07. The first-order chi connectivity index (χ1) is 7.41. The van der Waals surface area contributed by atoms with Crippen molar-refractivity contribution in [1.82, 2.24) is 0 Å². The van der Waals surface area contributed by atoms with Gasteiger partial charge in [-0.1, -0.05) is 26.0 Å². The predicted molar refractivity (Wildman–Crippen MR) is 55.1 cm³/mol. The van der Waals surface area contributed by atoms with Crippen LogP contribution in [0.15, 0.2) is 6.08 Å². The van der Waals surface area contributed by atoms with Crippen LogP contribution < -0.4 is 0 Å². The number of hydrogen-bond acceptors (Lipinski definition) is 0. The van der Waals surface area contributed by atoms with Crippen molar-refractivity contribution in [2.75, 3.05) is 0 Å². The normalized spacial score (nSPS) is 11.8. The van der Waals surface area contributed by atoms with Crippen molar-refractivity contribution in [2.24, 2.45) is 0 Å². The summed E-state index contributed by atoms with van der Waals surface area (Å²) < 4.78 is 53.8. The molecule has 1 aromatic rings. The van der Waals surface area contributed by atoms with Crippen LogP contribution in [-0.4, -0.2) is 0 Å². The number of rotatable bonds is 2. The van der Waals surface area contributed by atoms with E-state index in [0.29, 0.717) is 0 Å². The molecule has 0 N–H and O–H groups in total. The van der Waals surface area contributed by atoms with Gasteiger partial charge >= 0.3 is 0 Å². The molecule has 0 atom stereocenters. The summed E-state index contributed by atoms with van der Waals surface area (Å²) in [5.74, 6) is -5.95. The van der Waals surface area contributed by atoms with Gasteiger partial charge in [0.2, 0.25) is 0 Å². The quantitative estimate of drug-likeness (QED) is 0.523. The van der Waals surface area contributed by atoms with Gasteiger partial charge in [0.15, 0.2) is 23.3 Å². The molecule has 0 saturated carbocycles. The van der Waals surface area contributed by atoms with Crippen LogP contribution in [0.3, 0.4) is 0 Å². The average Bonchev–Trinajstić information content (AvgIpc) is 2.21. The minimum atomic E-state index is -1.35. The molecule has 0 bridgehead atoms. The van der Waals surface area contributed by atoms with E-state index in [4.69, 9.17) is 0 Å². The van der Waals surface area contributed by atoms with Crippen molar-refractivity contribution in [3.8, 4) is 0 Å². The van der Waals surface area contributed by atoms with Crippen LogP contribution in [0, 0.1) is 23.3 Å². The maximum absolute atomic E-state index is 13.5. The van der Waals surface area contributed by atoms with E-state index in [1.165, 1.54) is 26.8 Å². The fourth-order valence-corrected chi connectivity index (χ4v) is 1.49. The lowest BCUT2D eigenvalue weighted by Gasteiger charge is -2.12. The Labute approximate surface area is 91.6 Å². The van der Waals surface area contributed by atoms with Crippen LogP contribution in [0.25, 0.3) is 6.08 Å². The van der Waals surface area contributed by atoms with Crippen molar-refractivity contribution in [3.63, 3.8) is 0 Å². The fraction of sp³-hybridized carbons (Fsp3) is 0.333. The van der Waals surface area contributed by atoms with Crippen LogP contribution in [-0.2, 0) is 0 Å². The number of benzene rings is 1. The molecule has 0 aromatic heterocycles. The molecule has 0 heterocycles. The van der Waals surface area contributed by atoms with Gasteiger partial charge < -0.3 is 0 Å². The highest BCUT2D eigenvalue weighted by Gasteiger charge is 2.25. The zero-order valence-corrected chi connectivity index (χ0v) is 9.24. The minimum absolute atomic E-state index is 0.553. The van der Waals surface area contributed by atoms with Crippen LogP contribution in [0.4, 0.5) is 17.6 Å². The van der Waals surface area contributed by atoms with E-state index in [0.717, 1.165) is 6.08 Å². The molecule has 0 radical (unpaired) electrons. The van der Waals surface area contributed by atoms with Crippen molar-refractivity contribution in [2.45, 2.75) is 26.7 Å². The summed E-state index contributed by atoms with van der Waals surface area (Å²) in [6.45, 7) is 4.44. The molecule has 0 saturated heterocycles. The van der Waals surface area contributed by atoms with Crippen LogP contribution in [0.5, 0.6) is 0 Å². The van der Waals surface area contributed by atoms with E-state index in [1.54, 1.807) is 0 Å². The third-order valence-electron chi connectivity index (χ3n) is 2.24. The van der Waals surface area contributed by atoms with Crippen LogP contribution >= 0.6 is 0 Å². The highest BCUT2D eigenvalue weighted by atomic mass is 19.2. The Morgan fingerprint density at radius 2 is 1.31 bits per heavy atom. The number of halogens is 4. The average molecular weight is 232 g/mol. The molecule has 0 aliphatic carbocycles. The Kier molecular flexibility index (Phi) is 3.73. The SMILES string of the molecule is C/C=C/c1c(F)c(F)c(C(C)C)c(F)c1F. The molecule has 0 spiro atoms. The molecule has 0 unspecified atom stereocenters. The second-order valence-corrected chi connectivity index (χ2v) is 3.74. The summed E-state index contributed by atoms with van der Waals surface area (Å²) in [7, 11) is 0. The Hall–Kier alpha value is -1.32. The monoisotopic (exact) mass is 232 g/mol. The summed E-state index contributed by atoms with van der Waals surface area (Å²) in [6.07, 6.45) is 2.32. The lowest BCUT2D eigenvalue weighted by molar-refractivity contribution is 0.430. The highest BCUT2D eigenvalue weighted by molar-refractivity contribution is 5.52. The van der Waals surface area contributed by atoms with Crippen LogP contribution in [0.1, 0.15) is 37.8 Å². The Morgan fingerprint density at radius 1 is 0.875 bits per heavy atom. The van der Waals surface area contributed by atoms with Gasteiger partial charge in [0.1, 0.15) is 0 Å². The molecular weight excluding hydrogens is 220 g/mol. The van der Waals surface area contributed by atoms with E-state index in [-0.39, 0.29) is 0 Å². The van der Waals surface area contributed by atoms with Gasteiger partial charge in [0.05, 0.1) is 5.56 Å². The van der Waals surface area contributed by atoms with Gasteiger partial charge in [0.25, 0.3) is 0 Å². The summed E-state index contributed by atoms with van der Waals surface area (Å²) in [5, 5.41) is 0. The van der Waals surface area contributed by atoms with E-state index < -0.39 is 40.3 Å². The molecular formula is C12H12F4. The summed E-state index contributed by atoms with van der Waals surface area (Å²) in [4.78, 5) is 0. The number of hydrogen-bond donors (Lipinski definition) is 0. The van der Waals surface area contributed by atoms with Crippen molar-refractivity contribution >= 4 is 6.08 Å². The van der Waals surface area contributed by atoms with Gasteiger partial charge in [-0.15, -0.1) is 0 Å². The molecule has 0 amide bonds. The third-order valence-corrected chi connectivity index (χ3v) is 2.24. The molecule has 88 valence electrons. The molecule has 16 heavy (non-hydrogen) atoms. The molecule has 4 heteroatoms. The molecule has 0 aliphatic rings. The van der Waals surface area contributed by atoms with E-state index in [1.807, 2.05) is 0 Å². The first kappa shape index (κ1) is 12.7. The topological polar surface area (TPSA) is 0 Å². The van der Waals surface area contributed by atoms with Gasteiger partial charge in [-0.25, -0.2) is 17.6 Å². The van der Waals surface area contributed by atoms with E-state index in [2.05, 4.69) is 0 Å². The highest BCUT2D eigenvalue weighted by Crippen LogP contribution is 2.29. The largest absolute Gasteiger partial charge is 0.203 e. The standard InChI is InChI=1S/C12H12F4/c1-4-5-7-9(13)11(15)8(6(2)3)12(16)10(7)14/h4-6H,1-3H3/b5-4+. The van der Waals surface area contributed by atoms with E-state index >= 15 is 0 Å². The van der Waals surface area contributed by atoms with Crippen molar-refractivity contribution in [3.05, 3.63) is 40.5 Å². The first-order valence-corrected chi connectivity index (χ1v) is 4.90. The Balaban J connectivity index is 3.63. The molecule has 0 fully saturated rings. The summed E-state index contributed by atoms with van der Waals surface area (Å²) >= 11 is 0. The first-order valence-electron chi connectivity index (χ1n) is 4.90. The molecule has 1 rings (SSSR count). The van der Waals surface area contributed by atoms with Gasteiger partial charge in [0, 0.05) is 5.56 Å². The Morgan fingerprint density at radius 3 is 1.62 bits per heavy atom. The van der Waals surface area contributed by atoms with Gasteiger partial charge in [-0.05, 0) is 12.8 Å². The molecule has 0 aliphatic heterocycles. The summed E-state index contributed by atoms with van der Waals surface area (Å²) in [6, 6.07) is 0. The zero-order chi connectivity index (χ0) is 12.5. The maximum atomic E-state index is 13.5. The molecule has 0 nitrogen and oxygen atoms in total. The second-order valence-electron chi connectivity index (χ2n) is 3.74. The lowest BCUT2D eigenvalue weighted by atomic mass is 9.98. The fourth-order valence-electron chi connectivity index (χ4n) is 1.49. The second kappa shape index (κ2) is 4.68. The number of allylic oxidation sites excluding steroid dienone is 1. The van der Waals surface area contributed by atoms with E-state index in [9.17, 15) is 17.6 Å².